The second kappa shape index (κ2) is 9.11. The summed E-state index contributed by atoms with van der Waals surface area (Å²) in [5, 5.41) is 12.5. The number of carbonyl (C=O) groups excluding carboxylic acids is 3. The van der Waals surface area contributed by atoms with Gasteiger partial charge in [-0.2, -0.15) is 0 Å². The minimum absolute atomic E-state index is 0.0734. The van der Waals surface area contributed by atoms with Crippen molar-refractivity contribution in [2.24, 2.45) is 0 Å². The zero-order valence-electron chi connectivity index (χ0n) is 15.9. The molecule has 0 saturated carbocycles. The zero-order chi connectivity index (χ0) is 22.0. The number of ether oxygens (including phenoxy) is 1. The Morgan fingerprint density at radius 3 is 2.77 bits per heavy atom. The van der Waals surface area contributed by atoms with Gasteiger partial charge in [0.1, 0.15) is 6.54 Å². The lowest BCUT2D eigenvalue weighted by atomic mass is 10.2. The molecule has 10 heteroatoms. The van der Waals surface area contributed by atoms with Crippen LogP contribution in [0.4, 0.5) is 10.5 Å². The highest BCUT2D eigenvalue weighted by Gasteiger charge is 2.36. The van der Waals surface area contributed by atoms with Crippen molar-refractivity contribution in [2.45, 2.75) is 6.92 Å². The second-order valence-electron chi connectivity index (χ2n) is 6.33. The summed E-state index contributed by atoms with van der Waals surface area (Å²) in [6.07, 6.45) is 1.50. The number of thioether (sulfide) groups is 1. The van der Waals surface area contributed by atoms with E-state index in [0.717, 1.165) is 22.2 Å². The third-order valence-electron chi connectivity index (χ3n) is 4.22. The number of rotatable bonds is 5. The number of hydrogen-bond acceptors (Lipinski definition) is 6. The maximum Gasteiger partial charge on any atom is 0.294 e. The van der Waals surface area contributed by atoms with Gasteiger partial charge in [-0.1, -0.05) is 17.7 Å². The number of anilines is 1. The van der Waals surface area contributed by atoms with Crippen LogP contribution in [0.2, 0.25) is 5.02 Å². The third kappa shape index (κ3) is 4.80. The van der Waals surface area contributed by atoms with E-state index in [1.807, 2.05) is 0 Å². The van der Waals surface area contributed by atoms with Crippen LogP contribution in [0.3, 0.4) is 0 Å². The molecule has 0 atom stereocenters. The third-order valence-corrected chi connectivity index (χ3v) is 5.96. The summed E-state index contributed by atoms with van der Waals surface area (Å²) in [5.41, 5.74) is 1.85. The van der Waals surface area contributed by atoms with Gasteiger partial charge in [-0.25, -0.2) is 0 Å². The molecule has 0 bridgehead atoms. The first-order chi connectivity index (χ1) is 14.2. The van der Waals surface area contributed by atoms with Crippen LogP contribution in [0, 0.1) is 6.92 Å². The van der Waals surface area contributed by atoms with E-state index >= 15 is 0 Å². The number of imide groups is 1. The molecule has 0 radical (unpaired) electrons. The van der Waals surface area contributed by atoms with Gasteiger partial charge in [0.15, 0.2) is 11.5 Å². The van der Waals surface area contributed by atoms with E-state index in [-0.39, 0.29) is 16.4 Å². The van der Waals surface area contributed by atoms with Crippen LogP contribution in [0.1, 0.15) is 11.1 Å². The molecule has 1 fully saturated rings. The fourth-order valence-electron chi connectivity index (χ4n) is 2.68. The van der Waals surface area contributed by atoms with Gasteiger partial charge in [0.05, 0.1) is 16.5 Å². The fraction of sp³-hybridized carbons (Fsp3) is 0.150. The van der Waals surface area contributed by atoms with E-state index in [1.165, 1.54) is 19.3 Å². The molecule has 156 valence electrons. The molecule has 0 unspecified atom stereocenters. The Morgan fingerprint density at radius 1 is 1.33 bits per heavy atom. The minimum Gasteiger partial charge on any atom is -0.503 e. The summed E-state index contributed by atoms with van der Waals surface area (Å²) in [4.78, 5) is 38.4. The first kappa shape index (κ1) is 22.2. The number of aryl methyl sites for hydroxylation is 1. The number of halogens is 2. The molecular weight excluding hydrogens is 496 g/mol. The van der Waals surface area contributed by atoms with Gasteiger partial charge in [-0.3, -0.25) is 19.3 Å². The first-order valence-electron chi connectivity index (χ1n) is 8.57. The number of phenolic OH excluding ortho intramolecular Hbond substituents is 1. The number of nitrogens with one attached hydrogen (secondary N) is 1. The number of benzene rings is 2. The predicted octanol–water partition coefficient (Wildman–Crippen LogP) is 4.80. The number of aromatic hydroxyl groups is 1. The largest absolute Gasteiger partial charge is 0.503 e. The molecule has 2 aromatic rings. The quantitative estimate of drug-likeness (QED) is 0.560. The standard InChI is InChI=1S/C20H16BrClN2O5S/c1-10-3-4-12(22)8-14(10)23-17(25)9-24-19(27)16(30-20(24)28)7-11-5-13(21)18(26)15(6-11)29-2/h3-8,26H,9H2,1-2H3,(H,23,25)/b16-7+. The average Bonchev–Trinajstić information content (AvgIpc) is 2.94. The van der Waals surface area contributed by atoms with E-state index in [2.05, 4.69) is 21.2 Å². The van der Waals surface area contributed by atoms with Gasteiger partial charge < -0.3 is 15.2 Å². The number of hydrogen-bond donors (Lipinski definition) is 2. The van der Waals surface area contributed by atoms with E-state index in [9.17, 15) is 19.5 Å². The fourth-order valence-corrected chi connectivity index (χ4v) is 4.15. The van der Waals surface area contributed by atoms with Gasteiger partial charge in [-0.15, -0.1) is 0 Å². The van der Waals surface area contributed by atoms with Crippen molar-refractivity contribution in [1.29, 1.82) is 0 Å². The molecule has 0 spiro atoms. The summed E-state index contributed by atoms with van der Waals surface area (Å²) in [6.45, 7) is 1.38. The maximum atomic E-state index is 12.7. The highest BCUT2D eigenvalue weighted by Crippen LogP contribution is 2.38. The van der Waals surface area contributed by atoms with Crippen molar-refractivity contribution in [3.8, 4) is 11.5 Å². The van der Waals surface area contributed by atoms with Gasteiger partial charge in [0.25, 0.3) is 11.1 Å². The molecule has 3 amide bonds. The molecule has 30 heavy (non-hydrogen) atoms. The average molecular weight is 512 g/mol. The van der Waals surface area contributed by atoms with Crippen molar-refractivity contribution in [1.82, 2.24) is 4.90 Å². The first-order valence-corrected chi connectivity index (χ1v) is 10.6. The van der Waals surface area contributed by atoms with Gasteiger partial charge in [-0.05, 0) is 76.1 Å². The van der Waals surface area contributed by atoms with Crippen molar-refractivity contribution >= 4 is 68.1 Å². The van der Waals surface area contributed by atoms with Crippen LogP contribution < -0.4 is 10.1 Å². The molecule has 2 N–H and O–H groups in total. The Morgan fingerprint density at radius 2 is 2.07 bits per heavy atom. The lowest BCUT2D eigenvalue weighted by molar-refractivity contribution is -0.127. The van der Waals surface area contributed by atoms with E-state index in [1.54, 1.807) is 31.2 Å². The number of carbonyl (C=O) groups is 3. The Hall–Kier alpha value is -2.49. The Labute approximate surface area is 190 Å². The molecule has 1 aliphatic rings. The van der Waals surface area contributed by atoms with Gasteiger partial charge in [0, 0.05) is 10.7 Å². The van der Waals surface area contributed by atoms with Crippen LogP contribution in [0.15, 0.2) is 39.7 Å². The molecule has 1 aliphatic heterocycles. The number of nitrogens with zero attached hydrogens (tertiary/aromatic N) is 1. The smallest absolute Gasteiger partial charge is 0.294 e. The van der Waals surface area contributed by atoms with Crippen LogP contribution in [-0.4, -0.2) is 40.7 Å². The highest BCUT2D eigenvalue weighted by atomic mass is 79.9. The van der Waals surface area contributed by atoms with Crippen LogP contribution in [0.25, 0.3) is 6.08 Å². The molecule has 7 nitrogen and oxygen atoms in total. The second-order valence-corrected chi connectivity index (χ2v) is 8.61. The maximum absolute atomic E-state index is 12.7. The van der Waals surface area contributed by atoms with Crippen molar-refractivity contribution in [3.05, 3.63) is 55.9 Å². The van der Waals surface area contributed by atoms with Crippen molar-refractivity contribution in [3.63, 3.8) is 0 Å². The Bertz CT molecular complexity index is 1090. The zero-order valence-corrected chi connectivity index (χ0v) is 19.0. The molecule has 3 rings (SSSR count). The lowest BCUT2D eigenvalue weighted by Gasteiger charge is -2.13. The summed E-state index contributed by atoms with van der Waals surface area (Å²) in [5.74, 6) is -0.953. The summed E-state index contributed by atoms with van der Waals surface area (Å²) in [7, 11) is 1.40. The highest BCUT2D eigenvalue weighted by molar-refractivity contribution is 9.10. The Kier molecular flexibility index (Phi) is 6.74. The predicted molar refractivity (Wildman–Crippen MR) is 120 cm³/mol. The SMILES string of the molecule is COc1cc(/C=C2/SC(=O)N(CC(=O)Nc3cc(Cl)ccc3C)C2=O)cc(Br)c1O. The molecule has 2 aromatic carbocycles. The molecule has 0 aromatic heterocycles. The van der Waals surface area contributed by atoms with Crippen LogP contribution in [-0.2, 0) is 9.59 Å². The summed E-state index contributed by atoms with van der Waals surface area (Å²) >= 11 is 9.89. The number of methoxy groups -OCH3 is 1. The topological polar surface area (TPSA) is 95.9 Å². The van der Waals surface area contributed by atoms with Crippen molar-refractivity contribution in [2.75, 3.05) is 19.0 Å². The summed E-state index contributed by atoms with van der Waals surface area (Å²) in [6, 6.07) is 8.16. The van der Waals surface area contributed by atoms with Gasteiger partial charge >= 0.3 is 0 Å². The molecule has 1 saturated heterocycles. The van der Waals surface area contributed by atoms with Crippen LogP contribution in [0.5, 0.6) is 11.5 Å². The molecule has 0 aliphatic carbocycles. The van der Waals surface area contributed by atoms with Crippen molar-refractivity contribution < 1.29 is 24.2 Å². The van der Waals surface area contributed by atoms with E-state index in [0.29, 0.717) is 20.7 Å². The number of phenols is 1. The normalized spacial score (nSPS) is 15.1. The van der Waals surface area contributed by atoms with Crippen LogP contribution >= 0.6 is 39.3 Å². The van der Waals surface area contributed by atoms with E-state index in [4.69, 9.17) is 16.3 Å². The molecule has 1 heterocycles. The minimum atomic E-state index is -0.578. The van der Waals surface area contributed by atoms with E-state index < -0.39 is 23.6 Å². The van der Waals surface area contributed by atoms with Gasteiger partial charge in [0.2, 0.25) is 5.91 Å². The summed E-state index contributed by atoms with van der Waals surface area (Å²) < 4.78 is 5.46. The lowest BCUT2D eigenvalue weighted by Crippen LogP contribution is -2.36. The molecular formula is C20H16BrClN2O5S. The monoisotopic (exact) mass is 510 g/mol. The number of amides is 3. The Balaban J connectivity index is 1.76.